The summed E-state index contributed by atoms with van der Waals surface area (Å²) in [7, 11) is 2.14. The molecule has 0 aromatic heterocycles. The van der Waals surface area contributed by atoms with Crippen LogP contribution in [0.1, 0.15) is 13.3 Å². The van der Waals surface area contributed by atoms with Gasteiger partial charge in [-0.15, -0.1) is 0 Å². The van der Waals surface area contributed by atoms with Crippen LogP contribution >= 0.6 is 0 Å². The van der Waals surface area contributed by atoms with Crippen LogP contribution in [0.4, 0.5) is 0 Å². The van der Waals surface area contributed by atoms with E-state index in [9.17, 15) is 0 Å². The molecule has 0 amide bonds. The molecule has 1 aliphatic heterocycles. The molecular weight excluding hydrogens is 98.1 g/mol. The molecule has 0 saturated carbocycles. The highest BCUT2D eigenvalue weighted by Gasteiger charge is 2.06. The molecular formula is C7H12N. The van der Waals surface area contributed by atoms with Crippen molar-refractivity contribution in [2.75, 3.05) is 13.6 Å². The van der Waals surface area contributed by atoms with Crippen LogP contribution in [0.3, 0.4) is 0 Å². The maximum absolute atomic E-state index is 3.20. The van der Waals surface area contributed by atoms with Crippen molar-refractivity contribution >= 4 is 0 Å². The Labute approximate surface area is 51.0 Å². The first kappa shape index (κ1) is 5.83. The van der Waals surface area contributed by atoms with Crippen molar-refractivity contribution in [3.63, 3.8) is 0 Å². The lowest BCUT2D eigenvalue weighted by molar-refractivity contribution is 0.288. The highest BCUT2D eigenvalue weighted by molar-refractivity contribution is 4.90. The molecule has 0 aromatic rings. The Morgan fingerprint density at radius 2 is 2.50 bits per heavy atom. The normalized spacial score (nSPS) is 31.0. The third kappa shape index (κ3) is 1.10. The van der Waals surface area contributed by atoms with Gasteiger partial charge in [-0.25, -0.2) is 0 Å². The number of likely N-dealkylation sites (N-methyl/N-ethyl adjacent to an activating group) is 1. The third-order valence-corrected chi connectivity index (χ3v) is 1.66. The van der Waals surface area contributed by atoms with Crippen molar-refractivity contribution in [1.29, 1.82) is 0 Å². The lowest BCUT2D eigenvalue weighted by Gasteiger charge is -2.24. The van der Waals surface area contributed by atoms with Crippen molar-refractivity contribution in [2.45, 2.75) is 19.4 Å². The SMILES string of the molecule is CC1C=[C]CCN1C. The minimum atomic E-state index is 0.601. The van der Waals surface area contributed by atoms with E-state index in [1.807, 2.05) is 0 Å². The van der Waals surface area contributed by atoms with Gasteiger partial charge < -0.3 is 0 Å². The summed E-state index contributed by atoms with van der Waals surface area (Å²) in [5.74, 6) is 0. The first-order chi connectivity index (χ1) is 3.80. The van der Waals surface area contributed by atoms with E-state index in [1.54, 1.807) is 0 Å². The van der Waals surface area contributed by atoms with Gasteiger partial charge in [0.25, 0.3) is 0 Å². The number of hydrogen-bond donors (Lipinski definition) is 0. The standard InChI is InChI=1S/C7H12N/c1-7-5-3-4-6-8(7)2/h5,7H,4,6H2,1-2H3. The topological polar surface area (TPSA) is 3.24 Å². The van der Waals surface area contributed by atoms with Gasteiger partial charge in [0.2, 0.25) is 0 Å². The Bertz CT molecular complexity index is 96.6. The van der Waals surface area contributed by atoms with Crippen molar-refractivity contribution in [1.82, 2.24) is 4.90 Å². The number of rotatable bonds is 0. The minimum absolute atomic E-state index is 0.601. The Morgan fingerprint density at radius 3 is 2.88 bits per heavy atom. The van der Waals surface area contributed by atoms with Crippen molar-refractivity contribution in [3.8, 4) is 0 Å². The average Bonchev–Trinajstić information content (AvgIpc) is 1.77. The molecule has 1 heterocycles. The van der Waals surface area contributed by atoms with Gasteiger partial charge in [0.1, 0.15) is 0 Å². The van der Waals surface area contributed by atoms with Crippen LogP contribution in [-0.4, -0.2) is 24.5 Å². The third-order valence-electron chi connectivity index (χ3n) is 1.66. The molecule has 1 nitrogen and oxygen atoms in total. The molecule has 1 radical (unpaired) electrons. The van der Waals surface area contributed by atoms with E-state index in [-0.39, 0.29) is 0 Å². The van der Waals surface area contributed by atoms with Gasteiger partial charge in [-0.2, -0.15) is 0 Å². The molecule has 1 atom stereocenters. The van der Waals surface area contributed by atoms with Crippen LogP contribution in [-0.2, 0) is 0 Å². The quantitative estimate of drug-likeness (QED) is 0.451. The van der Waals surface area contributed by atoms with Gasteiger partial charge in [-0.1, -0.05) is 6.08 Å². The summed E-state index contributed by atoms with van der Waals surface area (Å²) in [5.41, 5.74) is 0. The van der Waals surface area contributed by atoms with Crippen molar-refractivity contribution < 1.29 is 0 Å². The number of nitrogens with zero attached hydrogens (tertiary/aromatic N) is 1. The fraction of sp³-hybridized carbons (Fsp3) is 0.714. The summed E-state index contributed by atoms with van der Waals surface area (Å²) >= 11 is 0. The molecule has 0 N–H and O–H groups in total. The lowest BCUT2D eigenvalue weighted by Crippen LogP contribution is -2.30. The summed E-state index contributed by atoms with van der Waals surface area (Å²) in [4.78, 5) is 2.32. The maximum atomic E-state index is 3.20. The minimum Gasteiger partial charge on any atom is -0.300 e. The molecule has 0 fully saturated rings. The van der Waals surface area contributed by atoms with Crippen LogP contribution in [0.2, 0.25) is 0 Å². The predicted octanol–water partition coefficient (Wildman–Crippen LogP) is 1.07. The molecule has 0 aliphatic carbocycles. The second kappa shape index (κ2) is 2.31. The fourth-order valence-electron chi connectivity index (χ4n) is 0.826. The molecule has 45 valence electrons. The Morgan fingerprint density at radius 1 is 1.75 bits per heavy atom. The lowest BCUT2D eigenvalue weighted by atomic mass is 10.2. The zero-order valence-electron chi connectivity index (χ0n) is 5.52. The zero-order chi connectivity index (χ0) is 5.98. The number of hydrogen-bond acceptors (Lipinski definition) is 1. The van der Waals surface area contributed by atoms with Crippen LogP contribution in [0.5, 0.6) is 0 Å². The smallest absolute Gasteiger partial charge is 0.0252 e. The Hall–Kier alpha value is -0.300. The highest BCUT2D eigenvalue weighted by atomic mass is 15.1. The molecule has 1 unspecified atom stereocenters. The van der Waals surface area contributed by atoms with E-state index in [1.165, 1.54) is 0 Å². The second-order valence-corrected chi connectivity index (χ2v) is 2.34. The first-order valence-corrected chi connectivity index (χ1v) is 3.07. The van der Waals surface area contributed by atoms with E-state index in [4.69, 9.17) is 0 Å². The van der Waals surface area contributed by atoms with Crippen LogP contribution in [0, 0.1) is 6.08 Å². The molecule has 1 heteroatoms. The molecule has 0 saturated heterocycles. The van der Waals surface area contributed by atoms with Gasteiger partial charge in [0, 0.05) is 12.6 Å². The van der Waals surface area contributed by atoms with E-state index in [2.05, 4.69) is 31.0 Å². The molecule has 0 aromatic carbocycles. The van der Waals surface area contributed by atoms with Gasteiger partial charge in [-0.3, -0.25) is 4.90 Å². The average molecular weight is 110 g/mol. The van der Waals surface area contributed by atoms with Gasteiger partial charge >= 0.3 is 0 Å². The summed E-state index contributed by atoms with van der Waals surface area (Å²) in [6.45, 7) is 3.35. The molecule has 1 aliphatic rings. The summed E-state index contributed by atoms with van der Waals surface area (Å²) in [5, 5.41) is 0. The summed E-state index contributed by atoms with van der Waals surface area (Å²) in [6.07, 6.45) is 6.42. The summed E-state index contributed by atoms with van der Waals surface area (Å²) in [6, 6.07) is 0.601. The molecule has 0 spiro atoms. The van der Waals surface area contributed by atoms with Crippen LogP contribution in [0.15, 0.2) is 6.08 Å². The van der Waals surface area contributed by atoms with Crippen LogP contribution in [0.25, 0.3) is 0 Å². The van der Waals surface area contributed by atoms with Gasteiger partial charge in [0.05, 0.1) is 0 Å². The van der Waals surface area contributed by atoms with Gasteiger partial charge in [0.15, 0.2) is 0 Å². The Balaban J connectivity index is 2.47. The van der Waals surface area contributed by atoms with E-state index >= 15 is 0 Å². The highest BCUT2D eigenvalue weighted by Crippen LogP contribution is 2.03. The van der Waals surface area contributed by atoms with E-state index in [0.717, 1.165) is 13.0 Å². The molecule has 0 bridgehead atoms. The largest absolute Gasteiger partial charge is 0.300 e. The van der Waals surface area contributed by atoms with Crippen molar-refractivity contribution in [3.05, 3.63) is 12.2 Å². The first-order valence-electron chi connectivity index (χ1n) is 3.07. The second-order valence-electron chi connectivity index (χ2n) is 2.34. The van der Waals surface area contributed by atoms with E-state index < -0.39 is 0 Å². The van der Waals surface area contributed by atoms with E-state index in [0.29, 0.717) is 6.04 Å². The molecule has 1 rings (SSSR count). The van der Waals surface area contributed by atoms with Gasteiger partial charge in [-0.05, 0) is 26.5 Å². The predicted molar refractivity (Wildman–Crippen MR) is 34.5 cm³/mol. The van der Waals surface area contributed by atoms with Crippen molar-refractivity contribution in [2.24, 2.45) is 0 Å². The zero-order valence-corrected chi connectivity index (χ0v) is 5.52. The monoisotopic (exact) mass is 110 g/mol. The fourth-order valence-corrected chi connectivity index (χ4v) is 0.826. The Kier molecular flexibility index (Phi) is 1.69. The molecule has 8 heavy (non-hydrogen) atoms. The van der Waals surface area contributed by atoms with Crippen LogP contribution < -0.4 is 0 Å². The summed E-state index contributed by atoms with van der Waals surface area (Å²) < 4.78 is 0. The maximum Gasteiger partial charge on any atom is 0.0252 e.